The summed E-state index contributed by atoms with van der Waals surface area (Å²) < 4.78 is 0. The van der Waals surface area contributed by atoms with Gasteiger partial charge < -0.3 is 15.4 Å². The van der Waals surface area contributed by atoms with E-state index >= 15 is 0 Å². The Morgan fingerprint density at radius 2 is 1.54 bits per heavy atom. The van der Waals surface area contributed by atoms with E-state index in [1.54, 1.807) is 12.8 Å². The van der Waals surface area contributed by atoms with E-state index in [4.69, 9.17) is 0 Å². The highest BCUT2D eigenvalue weighted by atomic mass is 15.3. The first-order chi connectivity index (χ1) is 17.2. The minimum absolute atomic E-state index is 0.773. The SMILES string of the molecule is CC1CC(C)C2C(C1)C1NCCC3B4C5C(CNCC5N2C31)C1CCCC2C3CCCCC3N4C12. The minimum Gasteiger partial charge on any atom is -0.335 e. The Labute approximate surface area is 214 Å². The molecule has 192 valence electrons. The fourth-order valence-corrected chi connectivity index (χ4v) is 13.7. The lowest BCUT2D eigenvalue weighted by Crippen LogP contribution is -2.77. The highest BCUT2D eigenvalue weighted by Crippen LogP contribution is 2.65. The van der Waals surface area contributed by atoms with Crippen molar-refractivity contribution < 1.29 is 0 Å². The van der Waals surface area contributed by atoms with Crippen LogP contribution in [0.15, 0.2) is 0 Å². The summed E-state index contributed by atoms with van der Waals surface area (Å²) in [6.45, 7) is 10.0. The Morgan fingerprint density at radius 1 is 0.714 bits per heavy atom. The number of piperidine rings is 2. The van der Waals surface area contributed by atoms with Crippen LogP contribution in [-0.4, -0.2) is 72.4 Å². The van der Waals surface area contributed by atoms with Crippen molar-refractivity contribution in [1.29, 1.82) is 0 Å². The highest BCUT2D eigenvalue weighted by molar-refractivity contribution is 6.60. The number of hydrogen-bond acceptors (Lipinski definition) is 4. The third-order valence-electron chi connectivity index (χ3n) is 14.1. The maximum absolute atomic E-state index is 4.19. The summed E-state index contributed by atoms with van der Waals surface area (Å²) in [5.74, 6) is 8.61. The summed E-state index contributed by atoms with van der Waals surface area (Å²) >= 11 is 0. The first-order valence-electron chi connectivity index (χ1n) is 16.2. The van der Waals surface area contributed by atoms with Gasteiger partial charge in [-0.05, 0) is 111 Å². The molecular formula is C30H49BN4. The Kier molecular flexibility index (Phi) is 4.82. The van der Waals surface area contributed by atoms with E-state index < -0.39 is 0 Å². The molecule has 6 saturated heterocycles. The van der Waals surface area contributed by atoms with Crippen molar-refractivity contribution in [2.24, 2.45) is 41.4 Å². The molecule has 15 unspecified atom stereocenters. The highest BCUT2D eigenvalue weighted by Gasteiger charge is 2.71. The van der Waals surface area contributed by atoms with Crippen molar-refractivity contribution in [2.45, 2.75) is 126 Å². The predicted octanol–water partition coefficient (Wildman–Crippen LogP) is 4.09. The summed E-state index contributed by atoms with van der Waals surface area (Å²) in [4.78, 5) is 6.65. The average molecular weight is 477 g/mol. The van der Waals surface area contributed by atoms with Crippen molar-refractivity contribution in [3.05, 3.63) is 0 Å². The van der Waals surface area contributed by atoms with Gasteiger partial charge in [-0.3, -0.25) is 4.90 Å². The molecule has 9 aliphatic rings. The molecule has 0 aromatic carbocycles. The summed E-state index contributed by atoms with van der Waals surface area (Å²) in [6, 6.07) is 5.14. The molecule has 0 aromatic rings. The zero-order chi connectivity index (χ0) is 23.0. The van der Waals surface area contributed by atoms with E-state index in [0.717, 1.165) is 96.2 Å². The first-order valence-corrected chi connectivity index (χ1v) is 16.2. The van der Waals surface area contributed by atoms with Crippen molar-refractivity contribution >= 4 is 6.85 Å². The molecule has 4 nitrogen and oxygen atoms in total. The molecule has 35 heavy (non-hydrogen) atoms. The fourth-order valence-electron chi connectivity index (χ4n) is 13.7. The molecule has 5 heteroatoms. The topological polar surface area (TPSA) is 30.5 Å². The molecule has 6 aliphatic heterocycles. The summed E-state index contributed by atoms with van der Waals surface area (Å²) in [6.07, 6.45) is 15.1. The molecule has 0 spiro atoms. The van der Waals surface area contributed by atoms with E-state index in [-0.39, 0.29) is 0 Å². The van der Waals surface area contributed by atoms with Gasteiger partial charge in [0.2, 0.25) is 6.85 Å². The van der Waals surface area contributed by atoms with Crippen molar-refractivity contribution in [1.82, 2.24) is 20.3 Å². The smallest absolute Gasteiger partial charge is 0.233 e. The van der Waals surface area contributed by atoms with Crippen LogP contribution < -0.4 is 10.6 Å². The van der Waals surface area contributed by atoms with Crippen molar-refractivity contribution in [3.8, 4) is 0 Å². The molecule has 9 fully saturated rings. The van der Waals surface area contributed by atoms with Gasteiger partial charge in [-0.2, -0.15) is 0 Å². The van der Waals surface area contributed by atoms with Gasteiger partial charge in [0.25, 0.3) is 0 Å². The van der Waals surface area contributed by atoms with Crippen LogP contribution in [-0.2, 0) is 0 Å². The van der Waals surface area contributed by atoms with Crippen LogP contribution in [0.1, 0.15) is 78.1 Å². The maximum Gasteiger partial charge on any atom is 0.233 e. The van der Waals surface area contributed by atoms with Gasteiger partial charge in [-0.1, -0.05) is 33.1 Å². The molecular weight excluding hydrogens is 427 g/mol. The van der Waals surface area contributed by atoms with Crippen LogP contribution in [0.5, 0.6) is 0 Å². The largest absolute Gasteiger partial charge is 0.335 e. The lowest BCUT2D eigenvalue weighted by atomic mass is 9.29. The van der Waals surface area contributed by atoms with Gasteiger partial charge in [0, 0.05) is 42.8 Å². The molecule has 3 aliphatic carbocycles. The van der Waals surface area contributed by atoms with Gasteiger partial charge in [0.15, 0.2) is 0 Å². The van der Waals surface area contributed by atoms with Crippen LogP contribution >= 0.6 is 0 Å². The average Bonchev–Trinajstić information content (AvgIpc) is 3.39. The van der Waals surface area contributed by atoms with Crippen LogP contribution in [0.25, 0.3) is 0 Å². The molecule has 0 amide bonds. The number of nitrogens with zero attached hydrogens (tertiary/aromatic N) is 2. The van der Waals surface area contributed by atoms with E-state index in [9.17, 15) is 0 Å². The van der Waals surface area contributed by atoms with E-state index in [2.05, 4.69) is 34.2 Å². The number of rotatable bonds is 0. The van der Waals surface area contributed by atoms with Gasteiger partial charge in [-0.15, -0.1) is 0 Å². The standard InChI is InChI=1S/C30H49BN4/c1-16-12-17(2)28-21(13-16)27-30-23(10-11-33-27)31-26-22(14-32-15-25(26)34(28)30)20-8-5-7-19-18-6-3-4-9-24(18)35(31)29(19)20/h16-30,32-33H,3-15H2,1-2H3. The third-order valence-corrected chi connectivity index (χ3v) is 14.1. The van der Waals surface area contributed by atoms with Crippen LogP contribution in [0.4, 0.5) is 0 Å². The molecule has 15 atom stereocenters. The van der Waals surface area contributed by atoms with Gasteiger partial charge in [-0.25, -0.2) is 0 Å². The Balaban J connectivity index is 1.19. The van der Waals surface area contributed by atoms with Crippen LogP contribution in [0.3, 0.4) is 0 Å². The maximum atomic E-state index is 4.19. The molecule has 0 bridgehead atoms. The molecule has 0 aromatic heterocycles. The first kappa shape index (κ1) is 21.8. The number of fused-ring (bicyclic) bond motifs is 10. The van der Waals surface area contributed by atoms with Crippen LogP contribution in [0, 0.1) is 41.4 Å². The number of hydrogen-bond donors (Lipinski definition) is 2. The molecule has 2 N–H and O–H groups in total. The van der Waals surface area contributed by atoms with Gasteiger partial charge in [0.1, 0.15) is 0 Å². The third kappa shape index (κ3) is 2.71. The Hall–Kier alpha value is -0.0951. The summed E-state index contributed by atoms with van der Waals surface area (Å²) in [5.41, 5.74) is 0. The van der Waals surface area contributed by atoms with E-state index in [1.807, 2.05) is 0 Å². The van der Waals surface area contributed by atoms with E-state index in [1.165, 1.54) is 71.0 Å². The van der Waals surface area contributed by atoms with Crippen molar-refractivity contribution in [3.63, 3.8) is 0 Å². The van der Waals surface area contributed by atoms with Gasteiger partial charge >= 0.3 is 0 Å². The summed E-state index contributed by atoms with van der Waals surface area (Å²) in [7, 11) is 0. The second-order valence-electron chi connectivity index (χ2n) is 15.2. The minimum atomic E-state index is 0.773. The van der Waals surface area contributed by atoms with Crippen LogP contribution in [0.2, 0.25) is 11.6 Å². The second-order valence-corrected chi connectivity index (χ2v) is 15.2. The lowest BCUT2D eigenvalue weighted by molar-refractivity contribution is -0.0236. The fraction of sp³-hybridized carbons (Fsp3) is 1.00. The normalized spacial score (nSPS) is 60.9. The quantitative estimate of drug-likeness (QED) is 0.516. The molecule has 6 heterocycles. The molecule has 3 saturated carbocycles. The zero-order valence-electron chi connectivity index (χ0n) is 22.3. The molecule has 9 rings (SSSR count). The zero-order valence-corrected chi connectivity index (χ0v) is 22.3. The Bertz CT molecular complexity index is 867. The second kappa shape index (κ2) is 7.73. The van der Waals surface area contributed by atoms with E-state index in [0.29, 0.717) is 0 Å². The molecule has 0 radical (unpaired) electrons. The number of nitrogens with one attached hydrogen (secondary N) is 2. The predicted molar refractivity (Wildman–Crippen MR) is 142 cm³/mol. The monoisotopic (exact) mass is 476 g/mol. The Morgan fingerprint density at radius 3 is 2.46 bits per heavy atom. The van der Waals surface area contributed by atoms with Gasteiger partial charge in [0.05, 0.1) is 0 Å². The summed E-state index contributed by atoms with van der Waals surface area (Å²) in [5, 5.41) is 8.30. The van der Waals surface area contributed by atoms with Crippen molar-refractivity contribution in [2.75, 3.05) is 19.6 Å². The lowest BCUT2D eigenvalue weighted by Gasteiger charge is -2.66.